The highest BCUT2D eigenvalue weighted by Crippen LogP contribution is 2.37. The number of amides is 2. The fourth-order valence-corrected chi connectivity index (χ4v) is 4.64. The average molecular weight is 465 g/mol. The molecule has 11 heteroatoms. The van der Waals surface area contributed by atoms with Crippen molar-refractivity contribution in [2.45, 2.75) is 50.6 Å². The minimum atomic E-state index is -1.25. The summed E-state index contributed by atoms with van der Waals surface area (Å²) in [6.45, 7) is 3.25. The van der Waals surface area contributed by atoms with Crippen molar-refractivity contribution in [3.8, 4) is 0 Å². The third-order valence-electron chi connectivity index (χ3n) is 5.03. The second-order valence-electron chi connectivity index (χ2n) is 7.25. The third kappa shape index (κ3) is 4.63. The molecule has 0 N–H and O–H groups in total. The Bertz CT molecular complexity index is 914. The van der Waals surface area contributed by atoms with Gasteiger partial charge in [0.25, 0.3) is 11.8 Å². The van der Waals surface area contributed by atoms with E-state index in [-0.39, 0.29) is 17.7 Å². The van der Waals surface area contributed by atoms with Crippen LogP contribution in [-0.4, -0.2) is 77.3 Å². The molecule has 2 aliphatic heterocycles. The molecule has 172 valence electrons. The maximum atomic E-state index is 13.1. The van der Waals surface area contributed by atoms with Crippen molar-refractivity contribution in [3.05, 3.63) is 35.4 Å². The first-order valence-corrected chi connectivity index (χ1v) is 11.1. The van der Waals surface area contributed by atoms with Crippen LogP contribution < -0.4 is 0 Å². The van der Waals surface area contributed by atoms with E-state index in [0.29, 0.717) is 0 Å². The van der Waals surface area contributed by atoms with Gasteiger partial charge in [0.05, 0.1) is 11.1 Å². The number of nitrogens with zero attached hydrogens (tertiary/aromatic N) is 1. The van der Waals surface area contributed by atoms with Crippen LogP contribution in [0.25, 0.3) is 0 Å². The lowest BCUT2D eigenvalue weighted by Crippen LogP contribution is -2.66. The van der Waals surface area contributed by atoms with Gasteiger partial charge in [-0.2, -0.15) is 0 Å². The summed E-state index contributed by atoms with van der Waals surface area (Å²) in [5, 5.41) is 0. The van der Waals surface area contributed by atoms with Crippen molar-refractivity contribution < 1.29 is 42.9 Å². The van der Waals surface area contributed by atoms with Crippen LogP contribution >= 0.6 is 11.8 Å². The van der Waals surface area contributed by atoms with E-state index in [1.165, 1.54) is 30.8 Å². The maximum absolute atomic E-state index is 13.1. The summed E-state index contributed by atoms with van der Waals surface area (Å²) in [5.41, 5.74) is -0.427. The normalized spacial score (nSPS) is 27.0. The first kappa shape index (κ1) is 23.7. The Morgan fingerprint density at radius 2 is 1.47 bits per heavy atom. The molecule has 1 aromatic rings. The number of carbonyl (C=O) groups excluding carboxylic acids is 5. The standard InChI is InChI=1S/C21H23NO9S/c1-10(23)28-9-15-17(29-11(2)24)18(30-12(3)25)16(21(31-15)32-4)22-19(26)13-7-5-6-8-14(13)20(22)27/h5-8,15-18,21H,9H2,1-4H3/t15-,16-,17-,18-,21+/m1/s1. The molecule has 5 atom stereocenters. The van der Waals surface area contributed by atoms with Gasteiger partial charge in [0.2, 0.25) is 0 Å². The van der Waals surface area contributed by atoms with Crippen LogP contribution in [0.15, 0.2) is 24.3 Å². The summed E-state index contributed by atoms with van der Waals surface area (Å²) in [6, 6.07) is 5.23. The lowest BCUT2D eigenvalue weighted by Gasteiger charge is -2.47. The van der Waals surface area contributed by atoms with Gasteiger partial charge < -0.3 is 18.9 Å². The van der Waals surface area contributed by atoms with Crippen molar-refractivity contribution in [2.75, 3.05) is 12.9 Å². The highest BCUT2D eigenvalue weighted by molar-refractivity contribution is 7.99. The van der Waals surface area contributed by atoms with Gasteiger partial charge in [0.1, 0.15) is 24.2 Å². The van der Waals surface area contributed by atoms with Crippen LogP contribution in [0.3, 0.4) is 0 Å². The molecule has 0 unspecified atom stereocenters. The van der Waals surface area contributed by atoms with Crippen LogP contribution in [0.1, 0.15) is 41.5 Å². The van der Waals surface area contributed by atoms with Gasteiger partial charge in [0.15, 0.2) is 12.2 Å². The molecular weight excluding hydrogens is 442 g/mol. The predicted octanol–water partition coefficient (Wildman–Crippen LogP) is 1.17. The first-order chi connectivity index (χ1) is 15.1. The van der Waals surface area contributed by atoms with Crippen LogP contribution in [-0.2, 0) is 33.3 Å². The second kappa shape index (κ2) is 9.70. The van der Waals surface area contributed by atoms with Crippen molar-refractivity contribution in [1.29, 1.82) is 0 Å². The summed E-state index contributed by atoms with van der Waals surface area (Å²) in [4.78, 5) is 62.4. The number of hydrogen-bond acceptors (Lipinski definition) is 10. The van der Waals surface area contributed by atoms with Gasteiger partial charge in [-0.15, -0.1) is 11.8 Å². The smallest absolute Gasteiger partial charge is 0.303 e. The number of hydrogen-bond donors (Lipinski definition) is 0. The Hall–Kier alpha value is -2.92. The Labute approximate surface area is 188 Å². The Balaban J connectivity index is 2.05. The third-order valence-corrected chi connectivity index (χ3v) is 5.88. The number of carbonyl (C=O) groups is 5. The molecule has 1 fully saturated rings. The number of rotatable bonds is 6. The SMILES string of the molecule is CS[C@@H]1O[C@H](COC(C)=O)[C@@H](OC(C)=O)[C@H](OC(C)=O)[C@H]1N1C(=O)c2ccccc2C1=O. The number of benzene rings is 1. The van der Waals surface area contributed by atoms with Gasteiger partial charge in [0, 0.05) is 20.8 Å². The van der Waals surface area contributed by atoms with Gasteiger partial charge in [-0.1, -0.05) is 12.1 Å². The molecule has 3 rings (SSSR count). The largest absolute Gasteiger partial charge is 0.463 e. The molecule has 10 nitrogen and oxygen atoms in total. The molecule has 0 aromatic heterocycles. The van der Waals surface area contributed by atoms with E-state index in [0.717, 1.165) is 18.7 Å². The van der Waals surface area contributed by atoms with E-state index in [4.69, 9.17) is 18.9 Å². The molecule has 0 bridgehead atoms. The fraction of sp³-hybridized carbons (Fsp3) is 0.476. The van der Waals surface area contributed by atoms with Crippen molar-refractivity contribution in [1.82, 2.24) is 4.90 Å². The lowest BCUT2D eigenvalue weighted by atomic mass is 9.96. The second-order valence-corrected chi connectivity index (χ2v) is 8.18. The molecule has 32 heavy (non-hydrogen) atoms. The summed E-state index contributed by atoms with van der Waals surface area (Å²) >= 11 is 1.17. The van der Waals surface area contributed by atoms with E-state index < -0.39 is 59.5 Å². The van der Waals surface area contributed by atoms with E-state index >= 15 is 0 Å². The van der Waals surface area contributed by atoms with Gasteiger partial charge >= 0.3 is 17.9 Å². The molecule has 0 spiro atoms. The van der Waals surface area contributed by atoms with Crippen LogP contribution in [0.5, 0.6) is 0 Å². The quantitative estimate of drug-likeness (QED) is 0.343. The zero-order valence-corrected chi connectivity index (χ0v) is 18.7. The molecule has 0 radical (unpaired) electrons. The number of fused-ring (bicyclic) bond motifs is 1. The van der Waals surface area contributed by atoms with Crippen molar-refractivity contribution in [2.24, 2.45) is 0 Å². The van der Waals surface area contributed by atoms with Gasteiger partial charge in [-0.05, 0) is 18.4 Å². The average Bonchev–Trinajstić information content (AvgIpc) is 2.98. The van der Waals surface area contributed by atoms with Crippen molar-refractivity contribution in [3.63, 3.8) is 0 Å². The molecular formula is C21H23NO9S. The summed E-state index contributed by atoms with van der Waals surface area (Å²) < 4.78 is 21.9. The van der Waals surface area contributed by atoms with Crippen molar-refractivity contribution >= 4 is 41.5 Å². The monoisotopic (exact) mass is 465 g/mol. The summed E-state index contributed by atoms with van der Waals surface area (Å²) in [6.07, 6.45) is -1.77. The molecule has 2 heterocycles. The van der Waals surface area contributed by atoms with Gasteiger partial charge in [-0.25, -0.2) is 0 Å². The van der Waals surface area contributed by atoms with Crippen LogP contribution in [0.4, 0.5) is 0 Å². The minimum Gasteiger partial charge on any atom is -0.463 e. The molecule has 0 aliphatic carbocycles. The number of ether oxygens (including phenoxy) is 4. The minimum absolute atomic E-state index is 0.213. The topological polar surface area (TPSA) is 126 Å². The molecule has 2 aliphatic rings. The molecule has 1 aromatic carbocycles. The van der Waals surface area contributed by atoms with E-state index in [9.17, 15) is 24.0 Å². The molecule has 0 saturated carbocycles. The first-order valence-electron chi connectivity index (χ1n) is 9.78. The Kier molecular flexibility index (Phi) is 7.19. The van der Waals surface area contributed by atoms with E-state index in [1.54, 1.807) is 18.4 Å². The fourth-order valence-electron chi connectivity index (χ4n) is 3.83. The zero-order chi connectivity index (χ0) is 23.6. The maximum Gasteiger partial charge on any atom is 0.303 e. The van der Waals surface area contributed by atoms with Gasteiger partial charge in [-0.3, -0.25) is 28.9 Å². The van der Waals surface area contributed by atoms with Crippen LogP contribution in [0.2, 0.25) is 0 Å². The lowest BCUT2D eigenvalue weighted by molar-refractivity contribution is -0.216. The highest BCUT2D eigenvalue weighted by atomic mass is 32.2. The van der Waals surface area contributed by atoms with E-state index in [1.807, 2.05) is 0 Å². The number of esters is 3. The number of imide groups is 1. The molecule has 1 saturated heterocycles. The summed E-state index contributed by atoms with van der Waals surface area (Å²) in [7, 11) is 0. The Morgan fingerprint density at radius 3 is 1.94 bits per heavy atom. The summed E-state index contributed by atoms with van der Waals surface area (Å²) in [5.74, 6) is -3.14. The Morgan fingerprint density at radius 1 is 0.938 bits per heavy atom. The zero-order valence-electron chi connectivity index (χ0n) is 17.9. The highest BCUT2D eigenvalue weighted by Gasteiger charge is 2.56. The molecule has 2 amide bonds. The number of thioether (sulfide) groups is 1. The van der Waals surface area contributed by atoms with E-state index in [2.05, 4.69) is 0 Å². The predicted molar refractivity (Wildman–Crippen MR) is 111 cm³/mol. The van der Waals surface area contributed by atoms with Crippen LogP contribution in [0, 0.1) is 0 Å².